The predicted octanol–water partition coefficient (Wildman–Crippen LogP) is 3.38. The number of carbonyl (C=O) groups is 1. The highest BCUT2D eigenvalue weighted by molar-refractivity contribution is 6.03. The van der Waals surface area contributed by atoms with Gasteiger partial charge >= 0.3 is 0 Å². The lowest BCUT2D eigenvalue weighted by atomic mass is 9.85. The number of carbonyl (C=O) groups excluding carboxylic acids is 1. The fourth-order valence-electron chi connectivity index (χ4n) is 3.27. The number of hydrogen-bond acceptors (Lipinski definition) is 4. The van der Waals surface area contributed by atoms with E-state index in [1.165, 1.54) is 12.8 Å². The van der Waals surface area contributed by atoms with E-state index in [0.29, 0.717) is 30.3 Å². The van der Waals surface area contributed by atoms with Crippen LogP contribution in [0.25, 0.3) is 0 Å². The first-order valence-corrected chi connectivity index (χ1v) is 7.75. The van der Waals surface area contributed by atoms with Crippen LogP contribution < -0.4 is 9.47 Å². The monoisotopic (exact) mass is 290 g/mol. The maximum absolute atomic E-state index is 13.0. The maximum atomic E-state index is 13.0. The summed E-state index contributed by atoms with van der Waals surface area (Å²) in [6, 6.07) is 5.44. The Labute approximate surface area is 125 Å². The third-order valence-corrected chi connectivity index (χ3v) is 4.52. The number of Topliss-reactive ketones (excluding diaryl/α,β-unsaturated/α-hetero) is 1. The zero-order valence-corrected chi connectivity index (χ0v) is 12.5. The van der Waals surface area contributed by atoms with E-state index < -0.39 is 5.60 Å². The standard InChI is InChI=1S/C17H22O4/c1-19-17(8-4-2-3-5-9-17)16(18)13-6-7-14-15(12-13)21-11-10-20-14/h6-7,12H,2-5,8-11H2,1H3. The Morgan fingerprint density at radius 1 is 1.05 bits per heavy atom. The van der Waals surface area contributed by atoms with Crippen molar-refractivity contribution in [3.63, 3.8) is 0 Å². The Morgan fingerprint density at radius 2 is 1.71 bits per heavy atom. The molecule has 4 heteroatoms. The second-order valence-corrected chi connectivity index (χ2v) is 5.80. The highest BCUT2D eigenvalue weighted by atomic mass is 16.6. The number of benzene rings is 1. The van der Waals surface area contributed by atoms with E-state index >= 15 is 0 Å². The van der Waals surface area contributed by atoms with Crippen molar-refractivity contribution in [1.29, 1.82) is 0 Å². The van der Waals surface area contributed by atoms with Gasteiger partial charge in [0.25, 0.3) is 0 Å². The molecule has 0 amide bonds. The van der Waals surface area contributed by atoms with Crippen molar-refractivity contribution < 1.29 is 19.0 Å². The second kappa shape index (κ2) is 6.06. The van der Waals surface area contributed by atoms with Gasteiger partial charge in [-0.05, 0) is 31.0 Å². The van der Waals surface area contributed by atoms with Gasteiger partial charge in [0.1, 0.15) is 18.8 Å². The van der Waals surface area contributed by atoms with Crippen LogP contribution in [0.4, 0.5) is 0 Å². The molecule has 1 saturated carbocycles. The summed E-state index contributed by atoms with van der Waals surface area (Å²) in [5.74, 6) is 1.45. The van der Waals surface area contributed by atoms with Crippen LogP contribution in [0, 0.1) is 0 Å². The van der Waals surface area contributed by atoms with Gasteiger partial charge in [0.2, 0.25) is 0 Å². The highest BCUT2D eigenvalue weighted by Gasteiger charge is 2.39. The zero-order chi connectivity index (χ0) is 14.7. The van der Waals surface area contributed by atoms with Gasteiger partial charge in [-0.25, -0.2) is 0 Å². The molecule has 0 bridgehead atoms. The molecule has 1 aliphatic heterocycles. The van der Waals surface area contributed by atoms with E-state index in [0.717, 1.165) is 25.7 Å². The summed E-state index contributed by atoms with van der Waals surface area (Å²) >= 11 is 0. The quantitative estimate of drug-likeness (QED) is 0.632. The molecule has 1 aromatic rings. The predicted molar refractivity (Wildman–Crippen MR) is 79.2 cm³/mol. The van der Waals surface area contributed by atoms with Crippen LogP contribution in [-0.2, 0) is 4.74 Å². The fraction of sp³-hybridized carbons (Fsp3) is 0.588. The van der Waals surface area contributed by atoms with Crippen LogP contribution in [-0.4, -0.2) is 31.7 Å². The Kier molecular flexibility index (Phi) is 4.15. The van der Waals surface area contributed by atoms with E-state index in [1.54, 1.807) is 13.2 Å². The van der Waals surface area contributed by atoms with Crippen molar-refractivity contribution in [3.8, 4) is 11.5 Å². The van der Waals surface area contributed by atoms with Crippen molar-refractivity contribution in [2.45, 2.75) is 44.1 Å². The molecule has 0 saturated heterocycles. The molecule has 1 aromatic carbocycles. The Balaban J connectivity index is 1.89. The number of ketones is 1. The van der Waals surface area contributed by atoms with Crippen LogP contribution >= 0.6 is 0 Å². The molecule has 0 radical (unpaired) electrons. The molecule has 3 rings (SSSR count). The lowest BCUT2D eigenvalue weighted by Crippen LogP contribution is -2.40. The van der Waals surface area contributed by atoms with Gasteiger partial charge in [-0.3, -0.25) is 4.79 Å². The van der Waals surface area contributed by atoms with Crippen molar-refractivity contribution in [2.75, 3.05) is 20.3 Å². The van der Waals surface area contributed by atoms with E-state index in [-0.39, 0.29) is 5.78 Å². The van der Waals surface area contributed by atoms with Crippen LogP contribution in [0.1, 0.15) is 48.9 Å². The largest absolute Gasteiger partial charge is 0.486 e. The van der Waals surface area contributed by atoms with Gasteiger partial charge in [0.15, 0.2) is 17.3 Å². The third kappa shape index (κ3) is 2.77. The second-order valence-electron chi connectivity index (χ2n) is 5.80. The molecule has 0 atom stereocenters. The first kappa shape index (κ1) is 14.4. The lowest BCUT2D eigenvalue weighted by molar-refractivity contribution is -0.00696. The lowest BCUT2D eigenvalue weighted by Gasteiger charge is -2.30. The molecule has 0 unspecified atom stereocenters. The summed E-state index contributed by atoms with van der Waals surface area (Å²) in [7, 11) is 1.65. The van der Waals surface area contributed by atoms with Crippen molar-refractivity contribution in [2.24, 2.45) is 0 Å². The molecule has 0 spiro atoms. The summed E-state index contributed by atoms with van der Waals surface area (Å²) < 4.78 is 16.8. The van der Waals surface area contributed by atoms with E-state index in [2.05, 4.69) is 0 Å². The SMILES string of the molecule is COC1(C(=O)c2ccc3c(c2)OCCO3)CCCCCC1. The van der Waals surface area contributed by atoms with Gasteiger partial charge in [0, 0.05) is 12.7 Å². The molecule has 114 valence electrons. The third-order valence-electron chi connectivity index (χ3n) is 4.52. The minimum Gasteiger partial charge on any atom is -0.486 e. The van der Waals surface area contributed by atoms with Crippen LogP contribution in [0.15, 0.2) is 18.2 Å². The topological polar surface area (TPSA) is 44.8 Å². The molecular weight excluding hydrogens is 268 g/mol. The minimum atomic E-state index is -0.666. The van der Waals surface area contributed by atoms with Crippen LogP contribution in [0.2, 0.25) is 0 Å². The molecular formula is C17H22O4. The smallest absolute Gasteiger partial charge is 0.194 e. The maximum Gasteiger partial charge on any atom is 0.194 e. The van der Waals surface area contributed by atoms with Crippen LogP contribution in [0.3, 0.4) is 0 Å². The molecule has 2 aliphatic rings. The van der Waals surface area contributed by atoms with Crippen molar-refractivity contribution in [1.82, 2.24) is 0 Å². The Hall–Kier alpha value is -1.55. The average Bonchev–Trinajstić information content (AvgIpc) is 2.80. The number of ether oxygens (including phenoxy) is 3. The molecule has 4 nitrogen and oxygen atoms in total. The number of fused-ring (bicyclic) bond motifs is 1. The number of hydrogen-bond donors (Lipinski definition) is 0. The van der Waals surface area contributed by atoms with Gasteiger partial charge in [0.05, 0.1) is 0 Å². The van der Waals surface area contributed by atoms with Gasteiger partial charge in [-0.1, -0.05) is 25.7 Å². The first-order valence-electron chi connectivity index (χ1n) is 7.75. The minimum absolute atomic E-state index is 0.0730. The summed E-state index contributed by atoms with van der Waals surface area (Å²) in [6.45, 7) is 1.09. The van der Waals surface area contributed by atoms with Gasteiger partial charge in [-0.2, -0.15) is 0 Å². The molecule has 1 fully saturated rings. The number of methoxy groups -OCH3 is 1. The normalized spacial score (nSPS) is 20.6. The van der Waals surface area contributed by atoms with Crippen molar-refractivity contribution >= 4 is 5.78 Å². The summed E-state index contributed by atoms with van der Waals surface area (Å²) in [5.41, 5.74) is -0.0109. The molecule has 0 aromatic heterocycles. The molecule has 1 heterocycles. The molecule has 0 N–H and O–H groups in total. The Morgan fingerprint density at radius 3 is 2.38 bits per heavy atom. The van der Waals surface area contributed by atoms with Crippen LogP contribution in [0.5, 0.6) is 11.5 Å². The first-order chi connectivity index (χ1) is 10.2. The average molecular weight is 290 g/mol. The van der Waals surface area contributed by atoms with E-state index in [9.17, 15) is 4.79 Å². The fourth-order valence-corrected chi connectivity index (χ4v) is 3.27. The van der Waals surface area contributed by atoms with E-state index in [4.69, 9.17) is 14.2 Å². The summed E-state index contributed by atoms with van der Waals surface area (Å²) in [4.78, 5) is 13.0. The van der Waals surface area contributed by atoms with Crippen molar-refractivity contribution in [3.05, 3.63) is 23.8 Å². The zero-order valence-electron chi connectivity index (χ0n) is 12.5. The summed E-state index contributed by atoms with van der Waals surface area (Å²) in [5, 5.41) is 0. The Bertz CT molecular complexity index is 516. The molecule has 1 aliphatic carbocycles. The van der Waals surface area contributed by atoms with Gasteiger partial charge < -0.3 is 14.2 Å². The van der Waals surface area contributed by atoms with E-state index in [1.807, 2.05) is 12.1 Å². The molecule has 21 heavy (non-hydrogen) atoms. The highest BCUT2D eigenvalue weighted by Crippen LogP contribution is 2.36. The summed E-state index contributed by atoms with van der Waals surface area (Å²) in [6.07, 6.45) is 6.06. The van der Waals surface area contributed by atoms with Gasteiger partial charge in [-0.15, -0.1) is 0 Å². The number of rotatable bonds is 3.